The Morgan fingerprint density at radius 1 is 1.32 bits per heavy atom. The van der Waals surface area contributed by atoms with Crippen LogP contribution in [0.4, 0.5) is 5.82 Å². The Morgan fingerprint density at radius 3 is 2.77 bits per heavy atom. The fraction of sp³-hybridized carbons (Fsp3) is 0.400. The molecule has 7 heteroatoms. The van der Waals surface area contributed by atoms with Crippen LogP contribution in [0.5, 0.6) is 0 Å². The Hall–Kier alpha value is -1.59. The molecule has 2 bridgehead atoms. The lowest BCUT2D eigenvalue weighted by molar-refractivity contribution is -0.152. The van der Waals surface area contributed by atoms with Crippen LogP contribution in [0, 0.1) is 17.8 Å². The lowest BCUT2D eigenvalue weighted by atomic mass is 9.94. The third-order valence-electron chi connectivity index (χ3n) is 3.99. The Kier molecular flexibility index (Phi) is 4.36. The number of pyridine rings is 1. The van der Waals surface area contributed by atoms with E-state index in [0.29, 0.717) is 10.9 Å². The lowest BCUT2D eigenvalue weighted by Gasteiger charge is -2.16. The van der Waals surface area contributed by atoms with Crippen LogP contribution in [0.1, 0.15) is 12.8 Å². The fourth-order valence-electron chi connectivity index (χ4n) is 2.97. The molecule has 0 spiro atoms. The van der Waals surface area contributed by atoms with Crippen LogP contribution in [0.15, 0.2) is 24.4 Å². The van der Waals surface area contributed by atoms with E-state index in [1.807, 2.05) is 0 Å². The number of amides is 1. The summed E-state index contributed by atoms with van der Waals surface area (Å²) in [6.45, 7) is -0.350. The monoisotopic (exact) mass is 340 g/mol. The molecule has 116 valence electrons. The highest BCUT2D eigenvalue weighted by Crippen LogP contribution is 2.43. The number of allylic oxidation sites excluding steroid dienone is 2. The van der Waals surface area contributed by atoms with Gasteiger partial charge in [0.1, 0.15) is 0 Å². The smallest absolute Gasteiger partial charge is 0.310 e. The minimum atomic E-state index is -0.483. The maximum atomic E-state index is 12.0. The van der Waals surface area contributed by atoms with Crippen molar-refractivity contribution >= 4 is 40.9 Å². The van der Waals surface area contributed by atoms with Crippen LogP contribution in [0.2, 0.25) is 10.0 Å². The molecule has 1 amide bonds. The number of fused-ring (bicyclic) bond motifs is 2. The Labute approximate surface area is 137 Å². The Bertz CT molecular complexity index is 648. The van der Waals surface area contributed by atoms with E-state index in [1.54, 1.807) is 0 Å². The molecule has 3 rings (SSSR count). The van der Waals surface area contributed by atoms with E-state index >= 15 is 0 Å². The van der Waals surface area contributed by atoms with Gasteiger partial charge in [0.2, 0.25) is 0 Å². The summed E-state index contributed by atoms with van der Waals surface area (Å²) in [6.07, 6.45) is 7.41. The van der Waals surface area contributed by atoms with Gasteiger partial charge in [0.25, 0.3) is 5.91 Å². The first-order valence-electron chi connectivity index (χ1n) is 6.99. The molecule has 1 saturated carbocycles. The number of nitrogens with one attached hydrogen (secondary N) is 1. The molecule has 0 aliphatic heterocycles. The van der Waals surface area contributed by atoms with E-state index in [4.69, 9.17) is 27.9 Å². The van der Waals surface area contributed by atoms with Crippen molar-refractivity contribution in [2.75, 3.05) is 11.9 Å². The van der Waals surface area contributed by atoms with Gasteiger partial charge in [0.05, 0.1) is 16.0 Å². The molecule has 0 saturated heterocycles. The summed E-state index contributed by atoms with van der Waals surface area (Å²) in [5, 5.41) is 3.09. The minimum absolute atomic E-state index is 0.125. The van der Waals surface area contributed by atoms with Crippen LogP contribution in [-0.2, 0) is 14.3 Å². The van der Waals surface area contributed by atoms with Gasteiger partial charge in [-0.3, -0.25) is 9.59 Å². The predicted octanol–water partition coefficient (Wildman–Crippen LogP) is 3.08. The first kappa shape index (κ1) is 15.3. The SMILES string of the molecule is O=C(COC(=O)C1CC2C=CC1C2)Nc1ncc(Cl)cc1Cl. The normalized spacial score (nSPS) is 25.3. The van der Waals surface area contributed by atoms with Gasteiger partial charge in [-0.05, 0) is 30.7 Å². The van der Waals surface area contributed by atoms with Gasteiger partial charge in [0.15, 0.2) is 12.4 Å². The van der Waals surface area contributed by atoms with Gasteiger partial charge < -0.3 is 10.1 Å². The number of carbonyl (C=O) groups is 2. The molecule has 1 heterocycles. The zero-order chi connectivity index (χ0) is 15.7. The molecule has 2 aliphatic carbocycles. The van der Waals surface area contributed by atoms with Crippen molar-refractivity contribution in [1.29, 1.82) is 0 Å². The molecule has 5 nitrogen and oxygen atoms in total. The quantitative estimate of drug-likeness (QED) is 0.675. The van der Waals surface area contributed by atoms with Gasteiger partial charge in [0, 0.05) is 6.20 Å². The summed E-state index contributed by atoms with van der Waals surface area (Å²) < 4.78 is 5.09. The summed E-state index contributed by atoms with van der Waals surface area (Å²) in [6, 6.07) is 1.47. The molecule has 2 aliphatic rings. The number of halogens is 2. The first-order chi connectivity index (χ1) is 10.5. The highest BCUT2D eigenvalue weighted by molar-refractivity contribution is 6.36. The number of anilines is 1. The van der Waals surface area contributed by atoms with Crippen LogP contribution >= 0.6 is 23.2 Å². The van der Waals surface area contributed by atoms with Gasteiger partial charge in [-0.25, -0.2) is 4.98 Å². The maximum Gasteiger partial charge on any atom is 0.310 e. The van der Waals surface area contributed by atoms with E-state index in [9.17, 15) is 9.59 Å². The zero-order valence-electron chi connectivity index (χ0n) is 11.6. The molecule has 0 aromatic carbocycles. The molecule has 1 aromatic heterocycles. The van der Waals surface area contributed by atoms with Crippen molar-refractivity contribution in [2.45, 2.75) is 12.8 Å². The molecule has 0 radical (unpaired) electrons. The summed E-state index contributed by atoms with van der Waals surface area (Å²) in [5.74, 6) is 0.00217. The predicted molar refractivity (Wildman–Crippen MR) is 82.7 cm³/mol. The summed E-state index contributed by atoms with van der Waals surface area (Å²) in [4.78, 5) is 27.7. The topological polar surface area (TPSA) is 68.3 Å². The van der Waals surface area contributed by atoms with Gasteiger partial charge in [-0.2, -0.15) is 0 Å². The summed E-state index contributed by atoms with van der Waals surface area (Å²) >= 11 is 11.6. The van der Waals surface area contributed by atoms with E-state index < -0.39 is 5.91 Å². The fourth-order valence-corrected chi connectivity index (χ4v) is 3.40. The van der Waals surface area contributed by atoms with Gasteiger partial charge >= 0.3 is 5.97 Å². The second-order valence-corrected chi connectivity index (χ2v) is 6.37. The highest BCUT2D eigenvalue weighted by Gasteiger charge is 2.40. The third kappa shape index (κ3) is 3.25. The highest BCUT2D eigenvalue weighted by atomic mass is 35.5. The second-order valence-electron chi connectivity index (χ2n) is 5.53. The first-order valence-corrected chi connectivity index (χ1v) is 7.74. The number of ether oxygens (including phenoxy) is 1. The van der Waals surface area contributed by atoms with Gasteiger partial charge in [-0.15, -0.1) is 0 Å². The maximum absolute atomic E-state index is 12.0. The minimum Gasteiger partial charge on any atom is -0.455 e. The van der Waals surface area contributed by atoms with Crippen molar-refractivity contribution < 1.29 is 14.3 Å². The molecule has 22 heavy (non-hydrogen) atoms. The number of aromatic nitrogens is 1. The third-order valence-corrected chi connectivity index (χ3v) is 4.49. The second kappa shape index (κ2) is 6.26. The number of hydrogen-bond donors (Lipinski definition) is 1. The molecule has 1 aromatic rings. The average Bonchev–Trinajstić information content (AvgIpc) is 3.10. The molecule has 1 N–H and O–H groups in total. The van der Waals surface area contributed by atoms with E-state index in [2.05, 4.69) is 22.5 Å². The number of nitrogens with zero attached hydrogens (tertiary/aromatic N) is 1. The lowest BCUT2D eigenvalue weighted by Crippen LogP contribution is -2.27. The standard InChI is InChI=1S/C15H14Cl2N2O3/c16-10-5-12(17)14(18-6-10)19-13(20)7-22-15(21)11-4-8-1-2-9(11)3-8/h1-2,5-6,8-9,11H,3-4,7H2,(H,18,19,20). The Morgan fingerprint density at radius 2 is 2.14 bits per heavy atom. The summed E-state index contributed by atoms with van der Waals surface area (Å²) in [5.41, 5.74) is 0. The van der Waals surface area contributed by atoms with Crippen molar-refractivity contribution in [3.05, 3.63) is 34.5 Å². The zero-order valence-corrected chi connectivity index (χ0v) is 13.1. The molecular formula is C15H14Cl2N2O3. The van der Waals surface area contributed by atoms with Crippen LogP contribution in [0.3, 0.4) is 0 Å². The Balaban J connectivity index is 1.50. The van der Waals surface area contributed by atoms with Crippen LogP contribution in [-0.4, -0.2) is 23.5 Å². The van der Waals surface area contributed by atoms with Crippen molar-refractivity contribution in [3.63, 3.8) is 0 Å². The van der Waals surface area contributed by atoms with Gasteiger partial charge in [-0.1, -0.05) is 35.4 Å². The number of carbonyl (C=O) groups excluding carboxylic acids is 2. The summed E-state index contributed by atoms with van der Waals surface area (Å²) in [7, 11) is 0. The van der Waals surface area contributed by atoms with Crippen molar-refractivity contribution in [2.24, 2.45) is 17.8 Å². The van der Waals surface area contributed by atoms with E-state index in [0.717, 1.165) is 12.8 Å². The largest absolute Gasteiger partial charge is 0.455 e. The molecule has 3 atom stereocenters. The van der Waals surface area contributed by atoms with Crippen LogP contribution < -0.4 is 5.32 Å². The van der Waals surface area contributed by atoms with Crippen LogP contribution in [0.25, 0.3) is 0 Å². The number of rotatable bonds is 4. The average molecular weight is 341 g/mol. The van der Waals surface area contributed by atoms with Crippen molar-refractivity contribution in [1.82, 2.24) is 4.98 Å². The molecule has 3 unspecified atom stereocenters. The molecule has 1 fully saturated rings. The van der Waals surface area contributed by atoms with E-state index in [-0.39, 0.29) is 35.3 Å². The number of hydrogen-bond acceptors (Lipinski definition) is 4. The number of esters is 1. The van der Waals surface area contributed by atoms with Crippen molar-refractivity contribution in [3.8, 4) is 0 Å². The van der Waals surface area contributed by atoms with E-state index in [1.165, 1.54) is 12.3 Å². The molecular weight excluding hydrogens is 327 g/mol.